The highest BCUT2D eigenvalue weighted by atomic mass is 16.6. The van der Waals surface area contributed by atoms with E-state index in [4.69, 9.17) is 14.2 Å². The second kappa shape index (κ2) is 10.2. The number of hydrogen-bond acceptors (Lipinski definition) is 7. The van der Waals surface area contributed by atoms with Gasteiger partial charge in [0.1, 0.15) is 24.6 Å². The maximum Gasteiger partial charge on any atom is 0.410 e. The van der Waals surface area contributed by atoms with E-state index >= 15 is 0 Å². The molecule has 3 heterocycles. The fourth-order valence-electron chi connectivity index (χ4n) is 3.89. The van der Waals surface area contributed by atoms with Crippen LogP contribution in [0.15, 0.2) is 42.5 Å². The SMILES string of the molecule is CC(C)(C)OC(=O)N1CCN(c2ccc3c(n2)OCC(NC(=O)OCc2ccccc2)C3)CC1. The molecule has 9 heteroatoms. The Kier molecular flexibility index (Phi) is 7.09. The zero-order valence-corrected chi connectivity index (χ0v) is 20.0. The van der Waals surface area contributed by atoms with Crippen molar-refractivity contribution in [3.05, 3.63) is 53.6 Å². The van der Waals surface area contributed by atoms with Crippen molar-refractivity contribution in [2.75, 3.05) is 37.7 Å². The molecule has 0 radical (unpaired) electrons. The molecule has 1 unspecified atom stereocenters. The third-order valence-corrected chi connectivity index (χ3v) is 5.60. The number of piperazine rings is 1. The van der Waals surface area contributed by atoms with Gasteiger partial charge in [-0.05, 0) is 38.5 Å². The molecule has 1 aromatic heterocycles. The quantitative estimate of drug-likeness (QED) is 0.735. The summed E-state index contributed by atoms with van der Waals surface area (Å²) >= 11 is 0. The normalized spacial score (nSPS) is 17.9. The van der Waals surface area contributed by atoms with Gasteiger partial charge in [-0.2, -0.15) is 4.98 Å². The van der Waals surface area contributed by atoms with Crippen LogP contribution in [-0.4, -0.2) is 66.5 Å². The Hall–Kier alpha value is -3.49. The van der Waals surface area contributed by atoms with Crippen LogP contribution in [-0.2, 0) is 22.5 Å². The Balaban J connectivity index is 1.26. The monoisotopic (exact) mass is 468 g/mol. The number of alkyl carbamates (subject to hydrolysis) is 1. The van der Waals surface area contributed by atoms with Gasteiger partial charge in [0.2, 0.25) is 5.88 Å². The molecular weight excluding hydrogens is 436 g/mol. The molecule has 2 aliphatic heterocycles. The average molecular weight is 469 g/mol. The summed E-state index contributed by atoms with van der Waals surface area (Å²) in [6.45, 7) is 8.64. The predicted octanol–water partition coefficient (Wildman–Crippen LogP) is 3.37. The van der Waals surface area contributed by atoms with Crippen molar-refractivity contribution in [2.45, 2.75) is 45.4 Å². The van der Waals surface area contributed by atoms with Crippen molar-refractivity contribution in [3.8, 4) is 5.88 Å². The standard InChI is InChI=1S/C25H32N4O5/c1-25(2,3)34-24(31)29-13-11-28(12-14-29)21-10-9-19-15-20(17-32-22(19)27-21)26-23(30)33-16-18-7-5-4-6-8-18/h4-10,20H,11-17H2,1-3H3,(H,26,30). The van der Waals surface area contributed by atoms with E-state index in [-0.39, 0.29) is 18.7 Å². The first kappa shape index (κ1) is 23.7. The van der Waals surface area contributed by atoms with Crippen LogP contribution in [0.5, 0.6) is 5.88 Å². The predicted molar refractivity (Wildman–Crippen MR) is 127 cm³/mol. The number of rotatable bonds is 4. The summed E-state index contributed by atoms with van der Waals surface area (Å²) in [6, 6.07) is 13.3. The molecule has 0 aliphatic carbocycles. The Bertz CT molecular complexity index is 1000. The summed E-state index contributed by atoms with van der Waals surface area (Å²) in [5.41, 5.74) is 1.37. The molecule has 0 bridgehead atoms. The first-order valence-electron chi connectivity index (χ1n) is 11.6. The summed E-state index contributed by atoms with van der Waals surface area (Å²) in [5.74, 6) is 1.40. The largest absolute Gasteiger partial charge is 0.475 e. The Morgan fingerprint density at radius 1 is 1.09 bits per heavy atom. The van der Waals surface area contributed by atoms with Gasteiger partial charge in [-0.1, -0.05) is 30.3 Å². The number of aromatic nitrogens is 1. The zero-order valence-electron chi connectivity index (χ0n) is 20.0. The molecule has 0 saturated carbocycles. The molecule has 1 atom stereocenters. The summed E-state index contributed by atoms with van der Waals surface area (Å²) in [7, 11) is 0. The lowest BCUT2D eigenvalue weighted by Crippen LogP contribution is -2.50. The van der Waals surface area contributed by atoms with Crippen molar-refractivity contribution < 1.29 is 23.8 Å². The molecule has 4 rings (SSSR count). The summed E-state index contributed by atoms with van der Waals surface area (Å²) < 4.78 is 16.6. The molecule has 34 heavy (non-hydrogen) atoms. The summed E-state index contributed by atoms with van der Waals surface area (Å²) in [6.07, 6.45) is -0.127. The van der Waals surface area contributed by atoms with Crippen LogP contribution in [0.4, 0.5) is 15.4 Å². The van der Waals surface area contributed by atoms with Gasteiger partial charge in [0.05, 0.1) is 6.04 Å². The van der Waals surface area contributed by atoms with E-state index in [0.717, 1.165) is 16.9 Å². The van der Waals surface area contributed by atoms with Crippen molar-refractivity contribution in [3.63, 3.8) is 0 Å². The van der Waals surface area contributed by atoms with Gasteiger partial charge in [-0.3, -0.25) is 0 Å². The molecule has 9 nitrogen and oxygen atoms in total. The first-order chi connectivity index (χ1) is 16.3. The maximum atomic E-state index is 12.3. The zero-order chi connectivity index (χ0) is 24.1. The molecule has 0 spiro atoms. The van der Waals surface area contributed by atoms with Crippen LogP contribution in [0, 0.1) is 0 Å². The Morgan fingerprint density at radius 3 is 2.53 bits per heavy atom. The third kappa shape index (κ3) is 6.30. The fraction of sp³-hybridized carbons (Fsp3) is 0.480. The van der Waals surface area contributed by atoms with Crippen LogP contribution in [0.3, 0.4) is 0 Å². The lowest BCUT2D eigenvalue weighted by atomic mass is 10.1. The van der Waals surface area contributed by atoms with Crippen LogP contribution in [0.25, 0.3) is 0 Å². The van der Waals surface area contributed by atoms with E-state index in [2.05, 4.69) is 15.2 Å². The van der Waals surface area contributed by atoms with Gasteiger partial charge in [0.25, 0.3) is 0 Å². The van der Waals surface area contributed by atoms with E-state index in [0.29, 0.717) is 45.1 Å². The number of ether oxygens (including phenoxy) is 3. The molecule has 1 saturated heterocycles. The third-order valence-electron chi connectivity index (χ3n) is 5.60. The molecule has 2 amide bonds. The Labute approximate surface area is 200 Å². The van der Waals surface area contributed by atoms with E-state index < -0.39 is 11.7 Å². The molecule has 1 fully saturated rings. The minimum Gasteiger partial charge on any atom is -0.475 e. The summed E-state index contributed by atoms with van der Waals surface area (Å²) in [4.78, 5) is 33.0. The van der Waals surface area contributed by atoms with Crippen LogP contribution < -0.4 is 15.0 Å². The van der Waals surface area contributed by atoms with E-state index in [1.54, 1.807) is 4.90 Å². The number of carbonyl (C=O) groups excluding carboxylic acids is 2. The first-order valence-corrected chi connectivity index (χ1v) is 11.6. The minimum atomic E-state index is -0.503. The number of hydrogen-bond donors (Lipinski definition) is 1. The molecule has 1 N–H and O–H groups in total. The lowest BCUT2D eigenvalue weighted by molar-refractivity contribution is 0.0240. The Morgan fingerprint density at radius 2 is 1.82 bits per heavy atom. The van der Waals surface area contributed by atoms with Crippen LogP contribution >= 0.6 is 0 Å². The van der Waals surface area contributed by atoms with E-state index in [1.165, 1.54) is 0 Å². The fourth-order valence-corrected chi connectivity index (χ4v) is 3.89. The van der Waals surface area contributed by atoms with Crippen molar-refractivity contribution in [1.29, 1.82) is 0 Å². The lowest BCUT2D eigenvalue weighted by Gasteiger charge is -2.36. The van der Waals surface area contributed by atoms with Crippen molar-refractivity contribution in [2.24, 2.45) is 0 Å². The number of nitrogens with one attached hydrogen (secondary N) is 1. The smallest absolute Gasteiger partial charge is 0.410 e. The van der Waals surface area contributed by atoms with Crippen LogP contribution in [0.1, 0.15) is 31.9 Å². The van der Waals surface area contributed by atoms with Crippen LogP contribution in [0.2, 0.25) is 0 Å². The van der Waals surface area contributed by atoms with Gasteiger partial charge in [0.15, 0.2) is 0 Å². The number of fused-ring (bicyclic) bond motifs is 1. The molecule has 182 valence electrons. The number of amides is 2. The second-order valence-corrected chi connectivity index (χ2v) is 9.51. The number of anilines is 1. The highest BCUT2D eigenvalue weighted by Crippen LogP contribution is 2.27. The topological polar surface area (TPSA) is 93.2 Å². The average Bonchev–Trinajstić information content (AvgIpc) is 2.82. The van der Waals surface area contributed by atoms with Gasteiger partial charge >= 0.3 is 12.2 Å². The number of carbonyl (C=O) groups is 2. The number of benzene rings is 1. The van der Waals surface area contributed by atoms with E-state index in [9.17, 15) is 9.59 Å². The van der Waals surface area contributed by atoms with Gasteiger partial charge in [0, 0.05) is 38.2 Å². The molecule has 1 aromatic carbocycles. The highest BCUT2D eigenvalue weighted by molar-refractivity contribution is 5.69. The van der Waals surface area contributed by atoms with E-state index in [1.807, 2.05) is 63.2 Å². The van der Waals surface area contributed by atoms with Gasteiger partial charge in [-0.15, -0.1) is 0 Å². The number of nitrogens with zero attached hydrogens (tertiary/aromatic N) is 3. The molecule has 2 aromatic rings. The minimum absolute atomic E-state index is 0.180. The molecule has 2 aliphatic rings. The number of pyridine rings is 1. The molecular formula is C25H32N4O5. The summed E-state index contributed by atoms with van der Waals surface area (Å²) in [5, 5.41) is 2.87. The second-order valence-electron chi connectivity index (χ2n) is 9.51. The van der Waals surface area contributed by atoms with Crippen molar-refractivity contribution in [1.82, 2.24) is 15.2 Å². The van der Waals surface area contributed by atoms with Gasteiger partial charge in [-0.25, -0.2) is 9.59 Å². The maximum absolute atomic E-state index is 12.3. The van der Waals surface area contributed by atoms with Gasteiger partial charge < -0.3 is 29.3 Å². The highest BCUT2D eigenvalue weighted by Gasteiger charge is 2.28. The van der Waals surface area contributed by atoms with Crippen molar-refractivity contribution >= 4 is 18.0 Å².